The minimum atomic E-state index is 0.878. The van der Waals surface area contributed by atoms with Crippen LogP contribution in [0.5, 0.6) is 0 Å². The van der Waals surface area contributed by atoms with Gasteiger partial charge < -0.3 is 9.80 Å². The smallest absolute Gasteiger partial charge is 0.225 e. The van der Waals surface area contributed by atoms with E-state index >= 15 is 0 Å². The number of hydrogen-bond donors (Lipinski definition) is 0. The Labute approximate surface area is 97.3 Å². The number of aromatic nitrogens is 2. The van der Waals surface area contributed by atoms with E-state index in [4.69, 9.17) is 0 Å². The summed E-state index contributed by atoms with van der Waals surface area (Å²) in [6, 6.07) is 0. The lowest BCUT2D eigenvalue weighted by molar-refractivity contribution is 0.310. The van der Waals surface area contributed by atoms with Gasteiger partial charge in [0, 0.05) is 32.0 Å². The van der Waals surface area contributed by atoms with E-state index in [1.54, 1.807) is 0 Å². The minimum absolute atomic E-state index is 0.878. The first-order valence-corrected chi connectivity index (χ1v) is 6.05. The average molecular weight is 220 g/mol. The van der Waals surface area contributed by atoms with Gasteiger partial charge in [-0.1, -0.05) is 6.92 Å². The van der Waals surface area contributed by atoms with E-state index in [2.05, 4.69) is 26.7 Å². The van der Waals surface area contributed by atoms with Crippen LogP contribution in [0.1, 0.15) is 18.9 Å². The van der Waals surface area contributed by atoms with Crippen LogP contribution in [0.25, 0.3) is 0 Å². The number of hydrogen-bond acceptors (Lipinski definition) is 4. The van der Waals surface area contributed by atoms with Gasteiger partial charge in [0.25, 0.3) is 0 Å². The second kappa shape index (κ2) is 5.25. The zero-order valence-electron chi connectivity index (χ0n) is 10.2. The average Bonchev–Trinajstić information content (AvgIpc) is 2.55. The third-order valence-electron chi connectivity index (χ3n) is 3.09. The number of nitrogens with zero attached hydrogens (tertiary/aromatic N) is 4. The Morgan fingerprint density at radius 1 is 1.12 bits per heavy atom. The minimum Gasteiger partial charge on any atom is -0.339 e. The lowest BCUT2D eigenvalue weighted by Crippen LogP contribution is -2.31. The van der Waals surface area contributed by atoms with Crippen molar-refractivity contribution in [3.8, 4) is 0 Å². The predicted octanol–water partition coefficient (Wildman–Crippen LogP) is 1.32. The molecule has 0 bridgehead atoms. The first-order valence-electron chi connectivity index (χ1n) is 6.05. The molecule has 1 aliphatic heterocycles. The van der Waals surface area contributed by atoms with E-state index in [1.165, 1.54) is 13.0 Å². The zero-order chi connectivity index (χ0) is 11.4. The van der Waals surface area contributed by atoms with Gasteiger partial charge >= 0.3 is 0 Å². The molecule has 4 nitrogen and oxygen atoms in total. The molecule has 0 aliphatic carbocycles. The summed E-state index contributed by atoms with van der Waals surface area (Å²) in [6.45, 7) is 9.80. The first kappa shape index (κ1) is 11.3. The van der Waals surface area contributed by atoms with E-state index < -0.39 is 0 Å². The van der Waals surface area contributed by atoms with Crippen molar-refractivity contribution >= 4 is 5.95 Å². The SMILES string of the molecule is CCN1CCCN(c2ncc(C)cn2)CC1. The topological polar surface area (TPSA) is 32.3 Å². The fraction of sp³-hybridized carbons (Fsp3) is 0.667. The van der Waals surface area contributed by atoms with Crippen LogP contribution in [-0.4, -0.2) is 47.6 Å². The molecule has 2 heterocycles. The molecule has 0 unspecified atom stereocenters. The van der Waals surface area contributed by atoms with E-state index in [0.29, 0.717) is 0 Å². The monoisotopic (exact) mass is 220 g/mol. The molecule has 0 spiro atoms. The summed E-state index contributed by atoms with van der Waals surface area (Å²) in [6.07, 6.45) is 4.99. The Morgan fingerprint density at radius 2 is 1.88 bits per heavy atom. The highest BCUT2D eigenvalue weighted by atomic mass is 15.3. The summed E-state index contributed by atoms with van der Waals surface area (Å²) < 4.78 is 0. The summed E-state index contributed by atoms with van der Waals surface area (Å²) >= 11 is 0. The molecule has 1 fully saturated rings. The number of likely N-dealkylation sites (N-methyl/N-ethyl adjacent to an activating group) is 1. The molecule has 1 aromatic heterocycles. The third-order valence-corrected chi connectivity index (χ3v) is 3.09. The summed E-state index contributed by atoms with van der Waals surface area (Å²) in [5, 5.41) is 0. The number of anilines is 1. The second-order valence-electron chi connectivity index (χ2n) is 4.34. The van der Waals surface area contributed by atoms with Crippen molar-refractivity contribution in [2.75, 3.05) is 37.6 Å². The Kier molecular flexibility index (Phi) is 3.72. The molecule has 0 N–H and O–H groups in total. The van der Waals surface area contributed by atoms with Crippen molar-refractivity contribution < 1.29 is 0 Å². The highest BCUT2D eigenvalue weighted by Gasteiger charge is 2.15. The van der Waals surface area contributed by atoms with Crippen LogP contribution in [0.4, 0.5) is 5.95 Å². The molecule has 1 aliphatic rings. The predicted molar refractivity (Wildman–Crippen MR) is 65.7 cm³/mol. The number of rotatable bonds is 2. The standard InChI is InChI=1S/C12H20N4/c1-3-15-5-4-6-16(8-7-15)12-13-9-11(2)10-14-12/h9-10H,3-8H2,1-2H3. The fourth-order valence-electron chi connectivity index (χ4n) is 2.04. The van der Waals surface area contributed by atoms with Crippen molar-refractivity contribution in [2.24, 2.45) is 0 Å². The Hall–Kier alpha value is -1.16. The van der Waals surface area contributed by atoms with E-state index in [-0.39, 0.29) is 0 Å². The molecule has 0 atom stereocenters. The molecule has 4 heteroatoms. The third kappa shape index (κ3) is 2.70. The van der Waals surface area contributed by atoms with E-state index in [0.717, 1.165) is 37.7 Å². The largest absolute Gasteiger partial charge is 0.339 e. The first-order chi connectivity index (χ1) is 7.79. The van der Waals surface area contributed by atoms with Crippen LogP contribution >= 0.6 is 0 Å². The second-order valence-corrected chi connectivity index (χ2v) is 4.34. The lowest BCUT2D eigenvalue weighted by Gasteiger charge is -2.20. The van der Waals surface area contributed by atoms with Gasteiger partial charge in [0.1, 0.15) is 0 Å². The molecule has 0 aromatic carbocycles. The van der Waals surface area contributed by atoms with Gasteiger partial charge in [0.05, 0.1) is 0 Å². The van der Waals surface area contributed by atoms with Crippen molar-refractivity contribution in [3.63, 3.8) is 0 Å². The molecule has 0 radical (unpaired) electrons. The van der Waals surface area contributed by atoms with Crippen LogP contribution < -0.4 is 4.90 Å². The summed E-state index contributed by atoms with van der Waals surface area (Å²) in [4.78, 5) is 13.5. The number of aryl methyl sites for hydroxylation is 1. The van der Waals surface area contributed by atoms with Crippen molar-refractivity contribution in [1.29, 1.82) is 0 Å². The van der Waals surface area contributed by atoms with Gasteiger partial charge in [0.2, 0.25) is 5.95 Å². The maximum atomic E-state index is 4.39. The Morgan fingerprint density at radius 3 is 2.56 bits per heavy atom. The Balaban J connectivity index is 2.02. The molecule has 0 amide bonds. The summed E-state index contributed by atoms with van der Waals surface area (Å²) in [5.41, 5.74) is 1.12. The van der Waals surface area contributed by atoms with E-state index in [9.17, 15) is 0 Å². The van der Waals surface area contributed by atoms with Gasteiger partial charge in [-0.3, -0.25) is 0 Å². The molecular weight excluding hydrogens is 200 g/mol. The van der Waals surface area contributed by atoms with Crippen LogP contribution in [0.2, 0.25) is 0 Å². The van der Waals surface area contributed by atoms with Crippen molar-refractivity contribution in [2.45, 2.75) is 20.3 Å². The van der Waals surface area contributed by atoms with Crippen LogP contribution in [0.3, 0.4) is 0 Å². The summed E-state index contributed by atoms with van der Waals surface area (Å²) in [5.74, 6) is 0.878. The van der Waals surface area contributed by atoms with Crippen molar-refractivity contribution in [3.05, 3.63) is 18.0 Å². The molecule has 1 aromatic rings. The molecule has 1 saturated heterocycles. The lowest BCUT2D eigenvalue weighted by atomic mass is 10.4. The highest BCUT2D eigenvalue weighted by molar-refractivity contribution is 5.29. The molecular formula is C12H20N4. The Bertz CT molecular complexity index is 322. The van der Waals surface area contributed by atoms with Gasteiger partial charge in [-0.2, -0.15) is 0 Å². The van der Waals surface area contributed by atoms with E-state index in [1.807, 2.05) is 19.3 Å². The highest BCUT2D eigenvalue weighted by Crippen LogP contribution is 2.10. The van der Waals surface area contributed by atoms with Crippen LogP contribution in [-0.2, 0) is 0 Å². The van der Waals surface area contributed by atoms with Crippen LogP contribution in [0.15, 0.2) is 12.4 Å². The zero-order valence-corrected chi connectivity index (χ0v) is 10.2. The van der Waals surface area contributed by atoms with Crippen LogP contribution in [0, 0.1) is 6.92 Å². The normalized spacial score (nSPS) is 18.5. The molecule has 16 heavy (non-hydrogen) atoms. The van der Waals surface area contributed by atoms with Gasteiger partial charge in [0.15, 0.2) is 0 Å². The fourth-order valence-corrected chi connectivity index (χ4v) is 2.04. The van der Waals surface area contributed by atoms with Gasteiger partial charge in [-0.15, -0.1) is 0 Å². The van der Waals surface area contributed by atoms with Gasteiger partial charge in [-0.05, 0) is 32.0 Å². The molecule has 88 valence electrons. The quantitative estimate of drug-likeness (QED) is 0.752. The van der Waals surface area contributed by atoms with Gasteiger partial charge in [-0.25, -0.2) is 9.97 Å². The summed E-state index contributed by atoms with van der Waals surface area (Å²) in [7, 11) is 0. The molecule has 0 saturated carbocycles. The maximum Gasteiger partial charge on any atom is 0.225 e. The van der Waals surface area contributed by atoms with Crippen molar-refractivity contribution in [1.82, 2.24) is 14.9 Å². The maximum absolute atomic E-state index is 4.39. The molecule has 2 rings (SSSR count).